The third kappa shape index (κ3) is 5.17. The minimum absolute atomic E-state index is 0.0156. The molecule has 3 heterocycles. The summed E-state index contributed by atoms with van der Waals surface area (Å²) in [6.45, 7) is 3.30. The summed E-state index contributed by atoms with van der Waals surface area (Å²) in [7, 11) is 0. The van der Waals surface area contributed by atoms with E-state index < -0.39 is 34.9 Å². The number of aryl methyl sites for hydroxylation is 1. The van der Waals surface area contributed by atoms with Crippen LogP contribution in [0.4, 0.5) is 14.6 Å². The number of nitrogens with two attached hydrogens (primary N) is 1. The van der Waals surface area contributed by atoms with Gasteiger partial charge in [-0.05, 0) is 32.4 Å². The third-order valence-corrected chi connectivity index (χ3v) is 6.45. The Hall–Kier alpha value is -3.86. The molecule has 0 saturated carbocycles. The van der Waals surface area contributed by atoms with Crippen LogP contribution in [0.25, 0.3) is 22.2 Å². The Morgan fingerprint density at radius 3 is 2.70 bits per heavy atom. The molecule has 1 atom stereocenters. The number of hydrogen-bond acceptors (Lipinski definition) is 7. The van der Waals surface area contributed by atoms with Crippen molar-refractivity contribution in [1.29, 1.82) is 0 Å². The van der Waals surface area contributed by atoms with Crippen molar-refractivity contribution in [1.82, 2.24) is 9.97 Å². The normalized spacial score (nSPS) is 16.3. The highest BCUT2D eigenvalue weighted by molar-refractivity contribution is 6.00. The van der Waals surface area contributed by atoms with Gasteiger partial charge in [-0.3, -0.25) is 9.59 Å². The van der Waals surface area contributed by atoms with Crippen LogP contribution in [0, 0.1) is 6.92 Å². The third-order valence-electron chi connectivity index (χ3n) is 6.45. The maximum absolute atomic E-state index is 14.2. The number of aromatic nitrogens is 2. The fraction of sp³-hybridized carbons (Fsp3) is 0.385. The standard InChI is InChI=1S/C26H28F2N4O5/c1-3-37-25(36)19-20(30-14(2)18(21(19)33)22(34)23(29)35)16-13-15-7-4-5-8-17(15)31-24(16)32-11-6-9-26(27,28)10-12-32/h4-5,7-8,13,22,34H,3,6,9-12H2,1-2H3,(H2,29,35)(H,30,33)/t22-/m1/s1. The molecule has 0 radical (unpaired) electrons. The van der Waals surface area contributed by atoms with Gasteiger partial charge in [-0.15, -0.1) is 0 Å². The number of H-pyrrole nitrogens is 1. The number of pyridine rings is 2. The van der Waals surface area contributed by atoms with Crippen LogP contribution in [0.15, 0.2) is 35.1 Å². The van der Waals surface area contributed by atoms with Gasteiger partial charge in [0.25, 0.3) is 5.91 Å². The van der Waals surface area contributed by atoms with Crippen molar-refractivity contribution in [2.75, 3.05) is 24.6 Å². The molecule has 3 aromatic rings. The summed E-state index contributed by atoms with van der Waals surface area (Å²) in [6.07, 6.45) is -2.35. The monoisotopic (exact) mass is 514 g/mol. The van der Waals surface area contributed by atoms with E-state index in [2.05, 4.69) is 4.98 Å². The van der Waals surface area contributed by atoms with Crippen molar-refractivity contribution in [3.05, 3.63) is 57.4 Å². The number of ether oxygens (including phenoxy) is 1. The van der Waals surface area contributed by atoms with E-state index in [-0.39, 0.29) is 49.4 Å². The molecule has 1 fully saturated rings. The molecule has 1 aliphatic rings. The second kappa shape index (κ2) is 10.3. The number of para-hydroxylation sites is 1. The number of rotatable bonds is 6. The minimum Gasteiger partial charge on any atom is -0.462 e. The summed E-state index contributed by atoms with van der Waals surface area (Å²) in [6, 6.07) is 8.89. The van der Waals surface area contributed by atoms with Gasteiger partial charge in [0, 0.05) is 42.6 Å². The molecule has 1 aliphatic heterocycles. The number of fused-ring (bicyclic) bond motifs is 1. The lowest BCUT2D eigenvalue weighted by Crippen LogP contribution is -2.32. The first-order chi connectivity index (χ1) is 17.5. The lowest BCUT2D eigenvalue weighted by molar-refractivity contribution is -0.126. The Morgan fingerprint density at radius 2 is 2.00 bits per heavy atom. The van der Waals surface area contributed by atoms with Gasteiger partial charge in [0.05, 0.1) is 23.4 Å². The average Bonchev–Trinajstić information content (AvgIpc) is 3.03. The van der Waals surface area contributed by atoms with Crippen molar-refractivity contribution < 1.29 is 28.2 Å². The van der Waals surface area contributed by atoms with Crippen molar-refractivity contribution in [3.63, 3.8) is 0 Å². The quantitative estimate of drug-likeness (QED) is 0.429. The predicted octanol–water partition coefficient (Wildman–Crippen LogP) is 3.22. The van der Waals surface area contributed by atoms with Crippen molar-refractivity contribution >= 4 is 28.6 Å². The lowest BCUT2D eigenvalue weighted by atomic mass is 9.97. The molecule has 0 bridgehead atoms. The number of esters is 1. The molecule has 0 spiro atoms. The van der Waals surface area contributed by atoms with Gasteiger partial charge >= 0.3 is 5.97 Å². The fourth-order valence-corrected chi connectivity index (χ4v) is 4.61. The first kappa shape index (κ1) is 26.2. The molecule has 1 aromatic carbocycles. The molecule has 4 N–H and O–H groups in total. The molecule has 1 amide bonds. The van der Waals surface area contributed by atoms with Gasteiger partial charge in [0.1, 0.15) is 11.4 Å². The minimum atomic E-state index is -2.81. The molecule has 9 nitrogen and oxygen atoms in total. The number of hydrogen-bond donors (Lipinski definition) is 3. The Morgan fingerprint density at radius 1 is 1.27 bits per heavy atom. The number of benzene rings is 1. The number of aliphatic hydroxyl groups is 1. The molecule has 1 saturated heterocycles. The van der Waals surface area contributed by atoms with Gasteiger partial charge in [-0.25, -0.2) is 18.6 Å². The molecule has 11 heteroatoms. The van der Waals surface area contributed by atoms with Crippen LogP contribution in [-0.2, 0) is 9.53 Å². The van der Waals surface area contributed by atoms with Gasteiger partial charge in [0.15, 0.2) is 6.10 Å². The molecule has 2 aromatic heterocycles. The van der Waals surface area contributed by atoms with Crippen LogP contribution < -0.4 is 16.1 Å². The van der Waals surface area contributed by atoms with Gasteiger partial charge in [-0.2, -0.15) is 0 Å². The smallest absolute Gasteiger partial charge is 0.344 e. The van der Waals surface area contributed by atoms with Crippen LogP contribution in [0.3, 0.4) is 0 Å². The first-order valence-electron chi connectivity index (χ1n) is 12.0. The van der Waals surface area contributed by atoms with E-state index in [0.29, 0.717) is 28.8 Å². The highest BCUT2D eigenvalue weighted by Crippen LogP contribution is 2.37. The number of aromatic amines is 1. The Labute approximate surface area is 211 Å². The number of anilines is 1. The van der Waals surface area contributed by atoms with E-state index in [1.54, 1.807) is 42.2 Å². The number of nitrogens with zero attached hydrogens (tertiary/aromatic N) is 2. The van der Waals surface area contributed by atoms with Crippen molar-refractivity contribution in [2.24, 2.45) is 5.73 Å². The van der Waals surface area contributed by atoms with E-state index in [9.17, 15) is 28.3 Å². The maximum Gasteiger partial charge on any atom is 0.344 e. The van der Waals surface area contributed by atoms with E-state index >= 15 is 0 Å². The molecular weight excluding hydrogens is 486 g/mol. The SMILES string of the molecule is CCOC(=O)c1c(-c2cc3ccccc3nc2N2CCCC(F)(F)CC2)[nH]c(C)c([C@@H](O)C(N)=O)c1=O. The van der Waals surface area contributed by atoms with Crippen LogP contribution >= 0.6 is 0 Å². The maximum atomic E-state index is 14.2. The van der Waals surface area contributed by atoms with Crippen molar-refractivity contribution in [2.45, 2.75) is 45.1 Å². The second-order valence-electron chi connectivity index (χ2n) is 9.02. The molecule has 37 heavy (non-hydrogen) atoms. The Balaban J connectivity index is 2.02. The number of primary amides is 1. The summed E-state index contributed by atoms with van der Waals surface area (Å²) in [4.78, 5) is 47.7. The highest BCUT2D eigenvalue weighted by atomic mass is 19.3. The summed E-state index contributed by atoms with van der Waals surface area (Å²) >= 11 is 0. The molecule has 0 aliphatic carbocycles. The second-order valence-corrected chi connectivity index (χ2v) is 9.02. The van der Waals surface area contributed by atoms with Gasteiger partial charge in [-0.1, -0.05) is 18.2 Å². The van der Waals surface area contributed by atoms with Gasteiger partial charge in [0.2, 0.25) is 11.4 Å². The number of alkyl halides is 2. The van der Waals surface area contributed by atoms with E-state index in [4.69, 9.17) is 15.5 Å². The molecular formula is C26H28F2N4O5. The fourth-order valence-electron chi connectivity index (χ4n) is 4.61. The first-order valence-corrected chi connectivity index (χ1v) is 12.0. The lowest BCUT2D eigenvalue weighted by Gasteiger charge is -2.26. The number of carbonyl (C=O) groups is 2. The number of nitrogens with one attached hydrogen (secondary N) is 1. The summed E-state index contributed by atoms with van der Waals surface area (Å²) in [5.74, 6) is -4.62. The van der Waals surface area contributed by atoms with Crippen LogP contribution in [0.2, 0.25) is 0 Å². The Kier molecular flexibility index (Phi) is 7.26. The largest absolute Gasteiger partial charge is 0.462 e. The number of amides is 1. The summed E-state index contributed by atoms with van der Waals surface area (Å²) < 4.78 is 33.5. The zero-order valence-corrected chi connectivity index (χ0v) is 20.5. The van der Waals surface area contributed by atoms with E-state index in [1.165, 1.54) is 6.92 Å². The van der Waals surface area contributed by atoms with Crippen molar-refractivity contribution in [3.8, 4) is 11.3 Å². The summed E-state index contributed by atoms with van der Waals surface area (Å²) in [5, 5.41) is 11.0. The highest BCUT2D eigenvalue weighted by Gasteiger charge is 2.34. The molecule has 0 unspecified atom stereocenters. The molecule has 4 rings (SSSR count). The topological polar surface area (TPSA) is 139 Å². The van der Waals surface area contributed by atoms with Crippen LogP contribution in [-0.4, -0.2) is 52.6 Å². The Bertz CT molecular complexity index is 1420. The predicted molar refractivity (Wildman–Crippen MR) is 134 cm³/mol. The number of aliphatic hydroxyl groups excluding tert-OH is 1. The average molecular weight is 515 g/mol. The van der Waals surface area contributed by atoms with Crippen LogP contribution in [0.1, 0.15) is 53.9 Å². The molecule has 196 valence electrons. The van der Waals surface area contributed by atoms with Gasteiger partial charge < -0.3 is 25.5 Å². The van der Waals surface area contributed by atoms with E-state index in [1.807, 2.05) is 0 Å². The zero-order chi connectivity index (χ0) is 26.9. The van der Waals surface area contributed by atoms with E-state index in [0.717, 1.165) is 0 Å². The number of carbonyl (C=O) groups excluding carboxylic acids is 2. The zero-order valence-electron chi connectivity index (χ0n) is 20.5. The van der Waals surface area contributed by atoms with Crippen LogP contribution in [0.5, 0.6) is 0 Å². The number of halogens is 2. The summed E-state index contributed by atoms with van der Waals surface area (Å²) in [5.41, 5.74) is 4.58.